The van der Waals surface area contributed by atoms with Crippen molar-refractivity contribution < 1.29 is 9.53 Å². The number of nitrogens with one attached hydrogen (secondary N) is 1. The Kier molecular flexibility index (Phi) is 9.86. The lowest BCUT2D eigenvalue weighted by Gasteiger charge is -2.09. The van der Waals surface area contributed by atoms with Crippen LogP contribution < -0.4 is 15.8 Å². The second-order valence-corrected chi connectivity index (χ2v) is 4.71. The Hall–Kier alpha value is -1.26. The van der Waals surface area contributed by atoms with Gasteiger partial charge in [-0.15, -0.1) is 12.4 Å². The summed E-state index contributed by atoms with van der Waals surface area (Å²) in [5, 5.41) is 2.75. The zero-order valence-corrected chi connectivity index (χ0v) is 13.1. The third-order valence-electron chi connectivity index (χ3n) is 2.87. The smallest absolute Gasteiger partial charge is 0.220 e. The first kappa shape index (κ1) is 18.7. The Morgan fingerprint density at radius 2 is 2.05 bits per heavy atom. The summed E-state index contributed by atoms with van der Waals surface area (Å²) >= 11 is 0. The molecule has 0 unspecified atom stereocenters. The van der Waals surface area contributed by atoms with E-state index in [4.69, 9.17) is 10.5 Å². The van der Waals surface area contributed by atoms with Crippen molar-refractivity contribution in [2.75, 3.05) is 19.7 Å². The highest BCUT2D eigenvalue weighted by molar-refractivity contribution is 5.85. The first-order valence-corrected chi connectivity index (χ1v) is 6.80. The molecule has 0 aliphatic carbocycles. The highest BCUT2D eigenvalue weighted by Gasteiger charge is 2.02. The molecule has 1 rings (SSSR count). The summed E-state index contributed by atoms with van der Waals surface area (Å²) in [5.74, 6) is 1.00. The lowest BCUT2D eigenvalue weighted by atomic mass is 10.1. The van der Waals surface area contributed by atoms with E-state index in [0.717, 1.165) is 24.2 Å². The van der Waals surface area contributed by atoms with Crippen molar-refractivity contribution >= 4 is 18.3 Å². The number of unbranched alkanes of at least 4 members (excludes halogenated alkanes) is 1. The Morgan fingerprint density at radius 3 is 2.75 bits per heavy atom. The standard InChI is InChI=1S/C15H24N2O2.ClH/c1-12-6-7-13(2)14(11-12)19-10-4-3-5-15(18)17-9-8-16;/h6-7,11H,3-5,8-10,16H2,1-2H3,(H,17,18);1H. The second kappa shape index (κ2) is 10.5. The molecule has 0 saturated carbocycles. The molecule has 0 aliphatic heterocycles. The van der Waals surface area contributed by atoms with Crippen molar-refractivity contribution in [3.63, 3.8) is 0 Å². The van der Waals surface area contributed by atoms with Crippen molar-refractivity contribution in [1.82, 2.24) is 5.32 Å². The number of nitrogens with two attached hydrogens (primary N) is 1. The van der Waals surface area contributed by atoms with Crippen molar-refractivity contribution in [3.8, 4) is 5.75 Å². The van der Waals surface area contributed by atoms with Crippen LogP contribution in [0.3, 0.4) is 0 Å². The van der Waals surface area contributed by atoms with Crippen LogP contribution in [0.4, 0.5) is 0 Å². The monoisotopic (exact) mass is 300 g/mol. The summed E-state index contributed by atoms with van der Waals surface area (Å²) in [5.41, 5.74) is 7.65. The predicted molar refractivity (Wildman–Crippen MR) is 84.6 cm³/mol. The van der Waals surface area contributed by atoms with Gasteiger partial charge >= 0.3 is 0 Å². The van der Waals surface area contributed by atoms with E-state index < -0.39 is 0 Å². The quantitative estimate of drug-likeness (QED) is 0.724. The summed E-state index contributed by atoms with van der Waals surface area (Å²) in [6, 6.07) is 6.18. The van der Waals surface area contributed by atoms with E-state index in [2.05, 4.69) is 17.4 Å². The van der Waals surface area contributed by atoms with Crippen LogP contribution in [0, 0.1) is 13.8 Å². The first-order valence-electron chi connectivity index (χ1n) is 6.80. The van der Waals surface area contributed by atoms with Gasteiger partial charge in [0.25, 0.3) is 0 Å². The molecule has 0 radical (unpaired) electrons. The zero-order valence-electron chi connectivity index (χ0n) is 12.3. The van der Waals surface area contributed by atoms with E-state index in [9.17, 15) is 4.79 Å². The number of benzene rings is 1. The fourth-order valence-corrected chi connectivity index (χ4v) is 1.73. The molecule has 0 spiro atoms. The number of aryl methyl sites for hydroxylation is 2. The molecule has 0 aliphatic rings. The maximum atomic E-state index is 11.3. The molecule has 1 aromatic carbocycles. The number of carbonyl (C=O) groups is 1. The molecule has 0 heterocycles. The summed E-state index contributed by atoms with van der Waals surface area (Å²) in [7, 11) is 0. The van der Waals surface area contributed by atoms with E-state index in [1.807, 2.05) is 19.9 Å². The minimum atomic E-state index is 0. The molecule has 0 aromatic heterocycles. The highest BCUT2D eigenvalue weighted by Crippen LogP contribution is 2.19. The molecule has 0 fully saturated rings. The molecule has 20 heavy (non-hydrogen) atoms. The van der Waals surface area contributed by atoms with Crippen LogP contribution in [0.5, 0.6) is 5.75 Å². The van der Waals surface area contributed by atoms with Gasteiger partial charge in [0.15, 0.2) is 0 Å². The van der Waals surface area contributed by atoms with Crippen LogP contribution in [0.15, 0.2) is 18.2 Å². The van der Waals surface area contributed by atoms with Crippen LogP contribution in [0.1, 0.15) is 30.4 Å². The average Bonchev–Trinajstić information content (AvgIpc) is 2.39. The largest absolute Gasteiger partial charge is 0.493 e. The normalized spacial score (nSPS) is 9.75. The fourth-order valence-electron chi connectivity index (χ4n) is 1.73. The minimum absolute atomic E-state index is 0. The predicted octanol–water partition coefficient (Wildman–Crippen LogP) is 2.35. The van der Waals surface area contributed by atoms with Gasteiger partial charge in [-0.1, -0.05) is 12.1 Å². The zero-order chi connectivity index (χ0) is 14.1. The van der Waals surface area contributed by atoms with Crippen molar-refractivity contribution in [2.24, 2.45) is 5.73 Å². The molecule has 114 valence electrons. The van der Waals surface area contributed by atoms with Crippen LogP contribution in [0.25, 0.3) is 0 Å². The molecular weight excluding hydrogens is 276 g/mol. The molecular formula is C15H25ClN2O2. The highest BCUT2D eigenvalue weighted by atomic mass is 35.5. The van der Waals surface area contributed by atoms with Gasteiger partial charge in [0.2, 0.25) is 5.91 Å². The van der Waals surface area contributed by atoms with E-state index in [1.165, 1.54) is 5.56 Å². The van der Waals surface area contributed by atoms with Gasteiger partial charge in [-0.25, -0.2) is 0 Å². The Bertz CT molecular complexity index is 411. The molecule has 4 nitrogen and oxygen atoms in total. The van der Waals surface area contributed by atoms with E-state index in [-0.39, 0.29) is 18.3 Å². The van der Waals surface area contributed by atoms with E-state index in [1.54, 1.807) is 0 Å². The third kappa shape index (κ3) is 7.36. The first-order chi connectivity index (χ1) is 9.13. The number of carbonyl (C=O) groups excluding carboxylic acids is 1. The van der Waals surface area contributed by atoms with Crippen molar-refractivity contribution in [3.05, 3.63) is 29.3 Å². The van der Waals surface area contributed by atoms with Gasteiger partial charge < -0.3 is 15.8 Å². The second-order valence-electron chi connectivity index (χ2n) is 4.71. The molecule has 0 saturated heterocycles. The number of halogens is 1. The number of amides is 1. The van der Waals surface area contributed by atoms with Gasteiger partial charge in [-0.3, -0.25) is 4.79 Å². The van der Waals surface area contributed by atoms with Crippen LogP contribution in [0.2, 0.25) is 0 Å². The Morgan fingerprint density at radius 1 is 1.30 bits per heavy atom. The summed E-state index contributed by atoms with van der Waals surface area (Å²) in [6.07, 6.45) is 2.25. The molecule has 0 bridgehead atoms. The topological polar surface area (TPSA) is 64.3 Å². The van der Waals surface area contributed by atoms with Crippen molar-refractivity contribution in [1.29, 1.82) is 0 Å². The average molecular weight is 301 g/mol. The van der Waals surface area contributed by atoms with Gasteiger partial charge in [-0.2, -0.15) is 0 Å². The molecule has 1 amide bonds. The number of ether oxygens (including phenoxy) is 1. The Labute approximate surface area is 127 Å². The molecule has 5 heteroatoms. The maximum Gasteiger partial charge on any atom is 0.220 e. The lowest BCUT2D eigenvalue weighted by Crippen LogP contribution is -2.28. The van der Waals surface area contributed by atoms with Crippen molar-refractivity contribution in [2.45, 2.75) is 33.1 Å². The lowest BCUT2D eigenvalue weighted by molar-refractivity contribution is -0.121. The Balaban J connectivity index is 0.00000361. The SMILES string of the molecule is Cc1ccc(C)c(OCCCCC(=O)NCCN)c1.Cl. The molecule has 0 atom stereocenters. The summed E-state index contributed by atoms with van der Waals surface area (Å²) < 4.78 is 5.73. The number of rotatable bonds is 8. The summed E-state index contributed by atoms with van der Waals surface area (Å²) in [4.78, 5) is 11.3. The van der Waals surface area contributed by atoms with Gasteiger partial charge in [0.05, 0.1) is 6.61 Å². The van der Waals surface area contributed by atoms with Gasteiger partial charge in [-0.05, 0) is 43.9 Å². The van der Waals surface area contributed by atoms with E-state index in [0.29, 0.717) is 26.1 Å². The number of hydrogen-bond donors (Lipinski definition) is 2. The van der Waals surface area contributed by atoms with Crippen LogP contribution in [-0.4, -0.2) is 25.6 Å². The van der Waals surface area contributed by atoms with E-state index >= 15 is 0 Å². The van der Waals surface area contributed by atoms with Crippen LogP contribution >= 0.6 is 12.4 Å². The summed E-state index contributed by atoms with van der Waals surface area (Å²) in [6.45, 7) is 5.77. The number of hydrogen-bond acceptors (Lipinski definition) is 3. The van der Waals surface area contributed by atoms with Crippen LogP contribution in [-0.2, 0) is 4.79 Å². The maximum absolute atomic E-state index is 11.3. The van der Waals surface area contributed by atoms with Gasteiger partial charge in [0, 0.05) is 19.5 Å². The van der Waals surface area contributed by atoms with Gasteiger partial charge in [0.1, 0.15) is 5.75 Å². The fraction of sp³-hybridized carbons (Fsp3) is 0.533. The molecule has 1 aromatic rings. The minimum Gasteiger partial charge on any atom is -0.493 e. The third-order valence-corrected chi connectivity index (χ3v) is 2.87. The molecule has 3 N–H and O–H groups in total.